The van der Waals surface area contributed by atoms with Crippen molar-refractivity contribution in [3.63, 3.8) is 0 Å². The molecule has 0 radical (unpaired) electrons. The van der Waals surface area contributed by atoms with Gasteiger partial charge in [0.1, 0.15) is 0 Å². The molecule has 0 heterocycles. The van der Waals surface area contributed by atoms with Crippen LogP contribution in [0.2, 0.25) is 6.32 Å². The van der Waals surface area contributed by atoms with Gasteiger partial charge < -0.3 is 0 Å². The lowest BCUT2D eigenvalue weighted by Gasteiger charge is -2.43. The highest BCUT2D eigenvalue weighted by molar-refractivity contribution is 7.11. The Morgan fingerprint density at radius 3 is 1.11 bits per heavy atom. The van der Waals surface area contributed by atoms with Gasteiger partial charge in [-0.3, -0.25) is 0 Å². The summed E-state index contributed by atoms with van der Waals surface area (Å²) in [6, 6.07) is 43.9. The molecule has 0 aliphatic rings. The molecule has 1 heteroatoms. The van der Waals surface area contributed by atoms with Crippen molar-refractivity contribution in [2.24, 2.45) is 0 Å². The molecule has 0 spiro atoms. The molecule has 0 nitrogen and oxygen atoms in total. The van der Waals surface area contributed by atoms with Crippen LogP contribution in [0.4, 0.5) is 0 Å². The van der Waals surface area contributed by atoms with E-state index in [2.05, 4.69) is 121 Å². The summed E-state index contributed by atoms with van der Waals surface area (Å²) in [6.07, 6.45) is 1.10. The lowest BCUT2D eigenvalue weighted by Crippen LogP contribution is -2.67. The zero-order valence-corrected chi connectivity index (χ0v) is 15.5. The molecule has 0 aliphatic heterocycles. The van der Waals surface area contributed by atoms with Gasteiger partial charge in [0.15, 0.2) is 0 Å². The number of hydrogen-bond donors (Lipinski definition) is 0. The summed E-state index contributed by atoms with van der Waals surface area (Å²) in [5.74, 6) is 0. The first-order valence-corrected chi connectivity index (χ1v) is 9.77. The highest BCUT2D eigenvalue weighted by atomic mass is 14.1. The molecule has 4 aromatic rings. The van der Waals surface area contributed by atoms with E-state index in [9.17, 15) is 0 Å². The topological polar surface area (TPSA) is 0 Å². The predicted octanol–water partition coefficient (Wildman–Crippen LogP) is 4.40. The highest BCUT2D eigenvalue weighted by Gasteiger charge is 2.29. The van der Waals surface area contributed by atoms with Crippen molar-refractivity contribution in [2.75, 3.05) is 0 Å². The fourth-order valence-electron chi connectivity index (χ4n) is 4.45. The monoisotopic (exact) mass is 347 g/mol. The first-order valence-electron chi connectivity index (χ1n) is 9.77. The fourth-order valence-corrected chi connectivity index (χ4v) is 4.45. The first kappa shape index (κ1) is 17.4. The minimum Gasteiger partial charge on any atom is -0.200 e. The Labute approximate surface area is 162 Å². The molecule has 0 aliphatic carbocycles. The van der Waals surface area contributed by atoms with Gasteiger partial charge in [-0.05, 0) is 0 Å². The predicted molar refractivity (Wildman–Crippen MR) is 119 cm³/mol. The maximum Gasteiger partial charge on any atom is 0.0817 e. The molecule has 0 N–H and O–H groups in total. The van der Waals surface area contributed by atoms with Gasteiger partial charge in [0.05, 0.1) is 6.15 Å². The Morgan fingerprint density at radius 2 is 0.741 bits per heavy atom. The zero-order chi connectivity index (χ0) is 18.4. The number of rotatable bonds is 6. The Hall–Kier alpha value is -3.06. The summed E-state index contributed by atoms with van der Waals surface area (Å²) in [5.41, 5.74) is 5.62. The Kier molecular flexibility index (Phi) is 5.21. The second kappa shape index (κ2) is 8.10. The molecule has 0 aromatic heterocycles. The van der Waals surface area contributed by atoms with Gasteiger partial charge in [-0.25, -0.2) is 0 Å². The Balaban J connectivity index is 1.89. The second-order valence-electron chi connectivity index (χ2n) is 7.30. The van der Waals surface area contributed by atoms with Gasteiger partial charge in [0, 0.05) is 0 Å². The van der Waals surface area contributed by atoms with Gasteiger partial charge in [-0.1, -0.05) is 133 Å². The zero-order valence-electron chi connectivity index (χ0n) is 15.5. The summed E-state index contributed by atoms with van der Waals surface area (Å²) in [4.78, 5) is 0. The molecule has 0 amide bonds. The highest BCUT2D eigenvalue weighted by Crippen LogP contribution is 2.16. The lowest BCUT2D eigenvalue weighted by molar-refractivity contribution is 1.11. The molecule has 132 valence electrons. The van der Waals surface area contributed by atoms with E-state index in [1.165, 1.54) is 22.0 Å². The van der Waals surface area contributed by atoms with Crippen LogP contribution in [0, 0.1) is 0 Å². The number of aryl methyl sites for hydroxylation is 1. The van der Waals surface area contributed by atoms with Crippen LogP contribution >= 0.6 is 0 Å². The summed E-state index contributed by atoms with van der Waals surface area (Å²) < 4.78 is 0. The average molecular weight is 347 g/mol. The second-order valence-corrected chi connectivity index (χ2v) is 7.30. The molecule has 0 saturated heterocycles. The molecule has 4 rings (SSSR count). The minimum absolute atomic E-state index is 1.04. The molecule has 0 unspecified atom stereocenters. The van der Waals surface area contributed by atoms with E-state index in [0.29, 0.717) is 0 Å². The van der Waals surface area contributed by atoms with E-state index in [1.807, 2.05) is 0 Å². The number of benzene rings is 4. The lowest BCUT2D eigenvalue weighted by atomic mass is 9.14. The fraction of sp³-hybridized carbons (Fsp3) is 0.0769. The van der Waals surface area contributed by atoms with E-state index < -0.39 is 6.15 Å². The molecule has 27 heavy (non-hydrogen) atoms. The maximum atomic E-state index is 2.30. The average Bonchev–Trinajstić information content (AvgIpc) is 2.77. The third-order valence-electron chi connectivity index (χ3n) is 5.81. The third-order valence-corrected chi connectivity index (χ3v) is 5.81. The van der Waals surface area contributed by atoms with Crippen molar-refractivity contribution in [1.82, 2.24) is 0 Å². The molecule has 0 atom stereocenters. The summed E-state index contributed by atoms with van der Waals surface area (Å²) in [6.45, 7) is 0. The normalized spacial score (nSPS) is 11.3. The summed E-state index contributed by atoms with van der Waals surface area (Å²) in [5, 5.41) is 0. The van der Waals surface area contributed by atoms with Crippen LogP contribution < -0.4 is 16.4 Å². The van der Waals surface area contributed by atoms with Crippen LogP contribution in [0.1, 0.15) is 5.56 Å². The van der Waals surface area contributed by atoms with Crippen molar-refractivity contribution in [1.29, 1.82) is 0 Å². The van der Waals surface area contributed by atoms with Gasteiger partial charge in [0.25, 0.3) is 0 Å². The van der Waals surface area contributed by atoms with Gasteiger partial charge in [0.2, 0.25) is 0 Å². The molecule has 0 bridgehead atoms. The quantitative estimate of drug-likeness (QED) is 0.454. The van der Waals surface area contributed by atoms with E-state index in [-0.39, 0.29) is 0 Å². The standard InChI is InChI=1S/C26H24B/c1-5-13-23(14-6-1)21-22-27(24-15-7-2-8-16-24,25-17-9-3-10-18-25)26-19-11-4-12-20-26/h1-20H,21-22H2/q-1. The largest absolute Gasteiger partial charge is 0.200 e. The van der Waals surface area contributed by atoms with Crippen molar-refractivity contribution in [2.45, 2.75) is 12.7 Å². The van der Waals surface area contributed by atoms with Crippen LogP contribution in [-0.2, 0) is 6.42 Å². The smallest absolute Gasteiger partial charge is 0.0817 e. The molecule has 0 saturated carbocycles. The van der Waals surface area contributed by atoms with Crippen LogP contribution in [0.3, 0.4) is 0 Å². The minimum atomic E-state index is -1.04. The van der Waals surface area contributed by atoms with Gasteiger partial charge in [-0.2, -0.15) is 22.7 Å². The maximum absolute atomic E-state index is 2.30. The van der Waals surface area contributed by atoms with E-state index in [1.54, 1.807) is 0 Å². The van der Waals surface area contributed by atoms with Gasteiger partial charge in [-0.15, -0.1) is 0 Å². The molecule has 0 fully saturated rings. The number of hydrogen-bond acceptors (Lipinski definition) is 0. The molecular formula is C26H24B-. The Bertz CT molecular complexity index is 851. The van der Waals surface area contributed by atoms with Crippen LogP contribution in [-0.4, -0.2) is 6.15 Å². The Morgan fingerprint density at radius 1 is 0.407 bits per heavy atom. The summed E-state index contributed by atoms with van der Waals surface area (Å²) in [7, 11) is 0. The van der Waals surface area contributed by atoms with Crippen LogP contribution in [0.25, 0.3) is 0 Å². The third kappa shape index (κ3) is 3.59. The van der Waals surface area contributed by atoms with Crippen molar-refractivity contribution < 1.29 is 0 Å². The summed E-state index contributed by atoms with van der Waals surface area (Å²) >= 11 is 0. The van der Waals surface area contributed by atoms with E-state index in [0.717, 1.165) is 12.7 Å². The van der Waals surface area contributed by atoms with E-state index >= 15 is 0 Å². The van der Waals surface area contributed by atoms with Crippen molar-refractivity contribution >= 4 is 22.5 Å². The molecule has 4 aromatic carbocycles. The van der Waals surface area contributed by atoms with Gasteiger partial charge >= 0.3 is 0 Å². The van der Waals surface area contributed by atoms with E-state index in [4.69, 9.17) is 0 Å². The van der Waals surface area contributed by atoms with Crippen molar-refractivity contribution in [3.05, 3.63) is 127 Å². The van der Waals surface area contributed by atoms with Crippen LogP contribution in [0.15, 0.2) is 121 Å². The SMILES string of the molecule is c1ccc(CC[B-](c2ccccc2)(c2ccccc2)c2ccccc2)cc1. The first-order chi connectivity index (χ1) is 13.4. The van der Waals surface area contributed by atoms with Crippen molar-refractivity contribution in [3.8, 4) is 0 Å². The van der Waals surface area contributed by atoms with Crippen LogP contribution in [0.5, 0.6) is 0 Å². The molecular weight excluding hydrogens is 323 g/mol.